The number of aromatic nitrogens is 3. The van der Waals surface area contributed by atoms with Crippen molar-refractivity contribution >= 4 is 22.9 Å². The molecular weight excluding hydrogens is 384 g/mol. The molecular formula is C21H26N6OS. The van der Waals surface area contributed by atoms with Gasteiger partial charge >= 0.3 is 0 Å². The van der Waals surface area contributed by atoms with Crippen molar-refractivity contribution in [1.29, 1.82) is 0 Å². The van der Waals surface area contributed by atoms with Gasteiger partial charge in [0.2, 0.25) is 0 Å². The summed E-state index contributed by atoms with van der Waals surface area (Å²) in [6.07, 6.45) is 3.64. The lowest BCUT2D eigenvalue weighted by Gasteiger charge is -2.34. The van der Waals surface area contributed by atoms with Crippen LogP contribution in [0.5, 0.6) is 0 Å². The van der Waals surface area contributed by atoms with Crippen LogP contribution in [0.1, 0.15) is 23.0 Å². The predicted octanol–water partition coefficient (Wildman–Crippen LogP) is 2.93. The molecule has 1 fully saturated rings. The van der Waals surface area contributed by atoms with E-state index in [1.165, 1.54) is 16.9 Å². The minimum absolute atomic E-state index is 0.195. The Bertz CT molecular complexity index is 956. The Morgan fingerprint density at radius 1 is 1.14 bits per heavy atom. The molecule has 4 rings (SSSR count). The SMILES string of the molecule is CCN1CCN(Cc2ccc(NC(=O)c3csc(-c4cnn(C)c4)n3)cc2)CC1. The first-order valence-corrected chi connectivity index (χ1v) is 10.8. The first-order valence-electron chi connectivity index (χ1n) is 9.90. The van der Waals surface area contributed by atoms with E-state index in [4.69, 9.17) is 0 Å². The zero-order chi connectivity index (χ0) is 20.2. The molecule has 0 spiro atoms. The number of likely N-dealkylation sites (N-methyl/N-ethyl adjacent to an activating group) is 1. The zero-order valence-corrected chi connectivity index (χ0v) is 17.7. The molecule has 1 amide bonds. The number of anilines is 1. The van der Waals surface area contributed by atoms with Gasteiger partial charge in [-0.25, -0.2) is 4.98 Å². The van der Waals surface area contributed by atoms with Gasteiger partial charge in [-0.3, -0.25) is 14.4 Å². The minimum atomic E-state index is -0.195. The Kier molecular flexibility index (Phi) is 6.03. The molecule has 8 heteroatoms. The van der Waals surface area contributed by atoms with Crippen molar-refractivity contribution in [3.05, 3.63) is 53.3 Å². The third kappa shape index (κ3) is 4.90. The lowest BCUT2D eigenvalue weighted by Crippen LogP contribution is -2.45. The maximum absolute atomic E-state index is 12.5. The monoisotopic (exact) mass is 410 g/mol. The van der Waals surface area contributed by atoms with E-state index in [2.05, 4.69) is 44.3 Å². The topological polar surface area (TPSA) is 66.3 Å². The Morgan fingerprint density at radius 3 is 2.52 bits per heavy atom. The molecule has 0 saturated carbocycles. The van der Waals surface area contributed by atoms with Gasteiger partial charge in [0.05, 0.1) is 6.20 Å². The van der Waals surface area contributed by atoms with Gasteiger partial charge in [-0.2, -0.15) is 5.10 Å². The van der Waals surface area contributed by atoms with Crippen LogP contribution in [0.15, 0.2) is 42.0 Å². The van der Waals surface area contributed by atoms with Crippen LogP contribution in [0, 0.1) is 0 Å². The van der Waals surface area contributed by atoms with Crippen LogP contribution in [0.25, 0.3) is 10.6 Å². The van der Waals surface area contributed by atoms with Crippen molar-refractivity contribution < 1.29 is 4.79 Å². The van der Waals surface area contributed by atoms with Gasteiger partial charge in [-0.1, -0.05) is 19.1 Å². The average molecular weight is 411 g/mol. The smallest absolute Gasteiger partial charge is 0.275 e. The summed E-state index contributed by atoms with van der Waals surface area (Å²) in [5, 5.41) is 9.66. The van der Waals surface area contributed by atoms with Crippen LogP contribution < -0.4 is 5.32 Å². The highest BCUT2D eigenvalue weighted by Crippen LogP contribution is 2.23. The molecule has 0 atom stereocenters. The lowest BCUT2D eigenvalue weighted by molar-refractivity contribution is 0.102. The Balaban J connectivity index is 1.33. The van der Waals surface area contributed by atoms with Crippen LogP contribution in [0.4, 0.5) is 5.69 Å². The van der Waals surface area contributed by atoms with Gasteiger partial charge in [0.1, 0.15) is 10.7 Å². The van der Waals surface area contributed by atoms with Crippen molar-refractivity contribution in [2.45, 2.75) is 13.5 Å². The zero-order valence-electron chi connectivity index (χ0n) is 16.8. The standard InChI is InChI=1S/C21H26N6OS/c1-3-26-8-10-27(11-9-26)13-16-4-6-18(7-5-16)23-20(28)19-15-29-21(24-19)17-12-22-25(2)14-17/h4-7,12,14-15H,3,8-11,13H2,1-2H3,(H,23,28). The van der Waals surface area contributed by atoms with E-state index in [9.17, 15) is 4.79 Å². The molecule has 152 valence electrons. The predicted molar refractivity (Wildman–Crippen MR) is 116 cm³/mol. The quantitative estimate of drug-likeness (QED) is 0.677. The number of nitrogens with zero attached hydrogens (tertiary/aromatic N) is 5. The number of thiazole rings is 1. The van der Waals surface area contributed by atoms with Crippen LogP contribution >= 0.6 is 11.3 Å². The molecule has 1 aliphatic rings. The molecule has 3 aromatic rings. The average Bonchev–Trinajstić information content (AvgIpc) is 3.39. The molecule has 0 bridgehead atoms. The number of benzene rings is 1. The first kappa shape index (κ1) is 19.8. The molecule has 1 N–H and O–H groups in total. The summed E-state index contributed by atoms with van der Waals surface area (Å²) in [4.78, 5) is 21.9. The second-order valence-corrected chi connectivity index (χ2v) is 8.16. The van der Waals surface area contributed by atoms with Crippen LogP contribution in [-0.2, 0) is 13.6 Å². The summed E-state index contributed by atoms with van der Waals surface area (Å²) in [7, 11) is 1.86. The van der Waals surface area contributed by atoms with Gasteiger partial charge in [-0.05, 0) is 24.2 Å². The molecule has 1 aromatic carbocycles. The van der Waals surface area contributed by atoms with Gasteiger partial charge in [0.25, 0.3) is 5.91 Å². The second-order valence-electron chi connectivity index (χ2n) is 7.30. The summed E-state index contributed by atoms with van der Waals surface area (Å²) in [5.41, 5.74) is 3.39. The highest BCUT2D eigenvalue weighted by Gasteiger charge is 2.16. The van der Waals surface area contributed by atoms with Gasteiger partial charge < -0.3 is 10.2 Å². The van der Waals surface area contributed by atoms with E-state index < -0.39 is 0 Å². The van der Waals surface area contributed by atoms with Gasteiger partial charge in [0, 0.05) is 62.6 Å². The van der Waals surface area contributed by atoms with Crippen LogP contribution in [-0.4, -0.2) is 63.2 Å². The van der Waals surface area contributed by atoms with Crippen LogP contribution in [0.3, 0.4) is 0 Å². The fourth-order valence-corrected chi connectivity index (χ4v) is 4.23. The Hall–Kier alpha value is -2.55. The fraction of sp³-hybridized carbons (Fsp3) is 0.381. The van der Waals surface area contributed by atoms with Crippen molar-refractivity contribution in [3.8, 4) is 10.6 Å². The second kappa shape index (κ2) is 8.86. The Labute approximate surface area is 175 Å². The van der Waals surface area contributed by atoms with E-state index in [0.717, 1.165) is 55.5 Å². The van der Waals surface area contributed by atoms with Crippen molar-refractivity contribution in [3.63, 3.8) is 0 Å². The number of aryl methyl sites for hydroxylation is 1. The molecule has 1 aliphatic heterocycles. The van der Waals surface area contributed by atoms with Crippen molar-refractivity contribution in [2.75, 3.05) is 38.0 Å². The number of rotatable bonds is 6. The number of carbonyl (C=O) groups is 1. The van der Waals surface area contributed by atoms with E-state index >= 15 is 0 Å². The first-order chi connectivity index (χ1) is 14.1. The van der Waals surface area contributed by atoms with Gasteiger partial charge in [-0.15, -0.1) is 11.3 Å². The Morgan fingerprint density at radius 2 is 1.86 bits per heavy atom. The summed E-state index contributed by atoms with van der Waals surface area (Å²) < 4.78 is 1.72. The maximum atomic E-state index is 12.5. The number of nitrogens with one attached hydrogen (secondary N) is 1. The minimum Gasteiger partial charge on any atom is -0.321 e. The van der Waals surface area contributed by atoms with E-state index in [1.807, 2.05) is 25.4 Å². The summed E-state index contributed by atoms with van der Waals surface area (Å²) in [5.74, 6) is -0.195. The molecule has 29 heavy (non-hydrogen) atoms. The normalized spacial score (nSPS) is 15.5. The lowest BCUT2D eigenvalue weighted by atomic mass is 10.1. The fourth-order valence-electron chi connectivity index (χ4n) is 3.45. The summed E-state index contributed by atoms with van der Waals surface area (Å²) >= 11 is 1.44. The molecule has 0 radical (unpaired) electrons. The largest absolute Gasteiger partial charge is 0.321 e. The van der Waals surface area contributed by atoms with E-state index in [0.29, 0.717) is 5.69 Å². The van der Waals surface area contributed by atoms with Crippen molar-refractivity contribution in [1.82, 2.24) is 24.6 Å². The molecule has 2 aromatic heterocycles. The molecule has 0 unspecified atom stereocenters. The van der Waals surface area contributed by atoms with E-state index in [1.54, 1.807) is 16.3 Å². The number of carbonyl (C=O) groups excluding carboxylic acids is 1. The highest BCUT2D eigenvalue weighted by molar-refractivity contribution is 7.13. The summed E-state index contributed by atoms with van der Waals surface area (Å²) in [6, 6.07) is 8.10. The third-order valence-electron chi connectivity index (χ3n) is 5.22. The molecule has 0 aliphatic carbocycles. The van der Waals surface area contributed by atoms with Gasteiger partial charge in [0.15, 0.2) is 0 Å². The number of hydrogen-bond acceptors (Lipinski definition) is 6. The van der Waals surface area contributed by atoms with E-state index in [-0.39, 0.29) is 5.91 Å². The number of hydrogen-bond donors (Lipinski definition) is 1. The molecule has 1 saturated heterocycles. The van der Waals surface area contributed by atoms with Crippen molar-refractivity contribution in [2.24, 2.45) is 7.05 Å². The molecule has 3 heterocycles. The summed E-state index contributed by atoms with van der Waals surface area (Å²) in [6.45, 7) is 8.79. The molecule has 7 nitrogen and oxygen atoms in total. The highest BCUT2D eigenvalue weighted by atomic mass is 32.1. The third-order valence-corrected chi connectivity index (χ3v) is 6.11. The maximum Gasteiger partial charge on any atom is 0.275 e. The number of amides is 1. The number of piperazine rings is 1. The van der Waals surface area contributed by atoms with Crippen LogP contribution in [0.2, 0.25) is 0 Å².